The van der Waals surface area contributed by atoms with Gasteiger partial charge in [-0.3, -0.25) is 9.59 Å². The highest BCUT2D eigenvalue weighted by Crippen LogP contribution is 2.06. The Labute approximate surface area is 146 Å². The van der Waals surface area contributed by atoms with E-state index in [0.717, 1.165) is 18.4 Å². The van der Waals surface area contributed by atoms with E-state index in [1.54, 1.807) is 42.3 Å². The van der Waals surface area contributed by atoms with Gasteiger partial charge in [0, 0.05) is 20.1 Å². The number of benzene rings is 1. The number of nitrogens with one attached hydrogen (secondary N) is 1. The molecule has 25 heavy (non-hydrogen) atoms. The maximum Gasteiger partial charge on any atom is 0.272 e. The normalized spacial score (nSPS) is 10.4. The second-order valence-electron chi connectivity index (χ2n) is 5.80. The number of pyridine rings is 1. The molecule has 0 bridgehead atoms. The van der Waals surface area contributed by atoms with E-state index in [1.807, 2.05) is 0 Å². The number of carbonyl (C=O) groups is 2. The molecule has 0 aliphatic heterocycles. The Morgan fingerprint density at radius 1 is 1.12 bits per heavy atom. The van der Waals surface area contributed by atoms with Crippen molar-refractivity contribution in [3.63, 3.8) is 0 Å². The van der Waals surface area contributed by atoms with Gasteiger partial charge in [-0.1, -0.05) is 31.5 Å². The summed E-state index contributed by atoms with van der Waals surface area (Å²) in [7, 11) is 1.72. The molecule has 132 valence electrons. The van der Waals surface area contributed by atoms with Crippen LogP contribution in [-0.4, -0.2) is 35.3 Å². The number of aromatic nitrogens is 1. The molecule has 0 saturated carbocycles. The van der Waals surface area contributed by atoms with Crippen molar-refractivity contribution in [3.8, 4) is 0 Å². The lowest BCUT2D eigenvalue weighted by molar-refractivity contribution is 0.0787. The lowest BCUT2D eigenvalue weighted by atomic mass is 10.2. The van der Waals surface area contributed by atoms with Gasteiger partial charge in [0.05, 0.1) is 0 Å². The summed E-state index contributed by atoms with van der Waals surface area (Å²) in [4.78, 5) is 30.3. The maximum atomic E-state index is 12.9. The van der Waals surface area contributed by atoms with E-state index >= 15 is 0 Å². The van der Waals surface area contributed by atoms with Gasteiger partial charge >= 0.3 is 0 Å². The summed E-state index contributed by atoms with van der Waals surface area (Å²) in [5.41, 5.74) is 1.20. The van der Waals surface area contributed by atoms with Crippen molar-refractivity contribution in [2.24, 2.45) is 0 Å². The fourth-order valence-electron chi connectivity index (χ4n) is 2.25. The van der Waals surface area contributed by atoms with Crippen LogP contribution in [0.1, 0.15) is 46.3 Å². The Balaban J connectivity index is 2.00. The molecule has 1 heterocycles. The highest BCUT2D eigenvalue weighted by Gasteiger charge is 2.15. The van der Waals surface area contributed by atoms with Crippen LogP contribution in [0.15, 0.2) is 42.5 Å². The number of amides is 2. The zero-order chi connectivity index (χ0) is 18.2. The van der Waals surface area contributed by atoms with Gasteiger partial charge in [0.2, 0.25) is 0 Å². The van der Waals surface area contributed by atoms with Crippen LogP contribution in [0.5, 0.6) is 0 Å². The number of hydrogen-bond donors (Lipinski definition) is 1. The molecule has 0 radical (unpaired) electrons. The quantitative estimate of drug-likeness (QED) is 0.840. The smallest absolute Gasteiger partial charge is 0.272 e. The van der Waals surface area contributed by atoms with Gasteiger partial charge < -0.3 is 10.2 Å². The van der Waals surface area contributed by atoms with Gasteiger partial charge in [-0.05, 0) is 36.2 Å². The first kappa shape index (κ1) is 18.6. The fourth-order valence-corrected chi connectivity index (χ4v) is 2.25. The van der Waals surface area contributed by atoms with E-state index in [-0.39, 0.29) is 35.6 Å². The molecule has 0 fully saturated rings. The number of halogens is 1. The second kappa shape index (κ2) is 8.92. The van der Waals surface area contributed by atoms with E-state index in [9.17, 15) is 14.0 Å². The first-order chi connectivity index (χ1) is 12.0. The third kappa shape index (κ3) is 5.38. The number of rotatable bonds is 7. The molecule has 0 aliphatic rings. The van der Waals surface area contributed by atoms with Crippen molar-refractivity contribution < 1.29 is 14.0 Å². The highest BCUT2D eigenvalue weighted by atomic mass is 19.1. The summed E-state index contributed by atoms with van der Waals surface area (Å²) in [5.74, 6) is -0.910. The third-order valence-electron chi connectivity index (χ3n) is 3.76. The number of hydrogen-bond acceptors (Lipinski definition) is 3. The van der Waals surface area contributed by atoms with Crippen LogP contribution in [0.25, 0.3) is 0 Å². The molecule has 6 heteroatoms. The summed E-state index contributed by atoms with van der Waals surface area (Å²) in [6.45, 7) is 2.97. The van der Waals surface area contributed by atoms with Gasteiger partial charge in [0.15, 0.2) is 0 Å². The van der Waals surface area contributed by atoms with Crippen molar-refractivity contribution in [2.45, 2.75) is 26.3 Å². The minimum absolute atomic E-state index is 0.178. The molecule has 0 saturated heterocycles. The molecule has 1 aromatic heterocycles. The topological polar surface area (TPSA) is 62.3 Å². The number of unbranched alkanes of at least 4 members (excludes halogenated alkanes) is 1. The highest BCUT2D eigenvalue weighted by molar-refractivity contribution is 5.96. The van der Waals surface area contributed by atoms with Crippen LogP contribution in [-0.2, 0) is 6.54 Å². The SMILES string of the molecule is CCCCN(C)C(=O)c1cccc(C(=O)NCc2ccc(F)cc2)n1. The van der Waals surface area contributed by atoms with Crippen LogP contribution >= 0.6 is 0 Å². The fraction of sp³-hybridized carbons (Fsp3) is 0.316. The van der Waals surface area contributed by atoms with Gasteiger partial charge in [0.1, 0.15) is 17.2 Å². The molecule has 0 aliphatic carbocycles. The number of nitrogens with zero attached hydrogens (tertiary/aromatic N) is 2. The predicted octanol–water partition coefficient (Wildman–Crippen LogP) is 3.02. The maximum absolute atomic E-state index is 12.9. The van der Waals surface area contributed by atoms with Crippen molar-refractivity contribution in [1.29, 1.82) is 0 Å². The Hall–Kier alpha value is -2.76. The molecule has 0 unspecified atom stereocenters. The molecule has 5 nitrogen and oxygen atoms in total. The van der Waals surface area contributed by atoms with Crippen LogP contribution in [0, 0.1) is 5.82 Å². The minimum Gasteiger partial charge on any atom is -0.347 e. The van der Waals surface area contributed by atoms with Crippen molar-refractivity contribution >= 4 is 11.8 Å². The van der Waals surface area contributed by atoms with Gasteiger partial charge in [-0.25, -0.2) is 9.37 Å². The number of carbonyl (C=O) groups excluding carboxylic acids is 2. The summed E-state index contributed by atoms with van der Waals surface area (Å²) >= 11 is 0. The largest absolute Gasteiger partial charge is 0.347 e. The van der Waals surface area contributed by atoms with Crippen LogP contribution in [0.4, 0.5) is 4.39 Å². The molecule has 1 N–H and O–H groups in total. The second-order valence-corrected chi connectivity index (χ2v) is 5.80. The Morgan fingerprint density at radius 3 is 2.48 bits per heavy atom. The van der Waals surface area contributed by atoms with Gasteiger partial charge in [-0.15, -0.1) is 0 Å². The van der Waals surface area contributed by atoms with Crippen LogP contribution in [0.3, 0.4) is 0 Å². The minimum atomic E-state index is -0.379. The van der Waals surface area contributed by atoms with Crippen molar-refractivity contribution in [3.05, 3.63) is 65.2 Å². The van der Waals surface area contributed by atoms with E-state index in [2.05, 4.69) is 17.2 Å². The Morgan fingerprint density at radius 2 is 1.80 bits per heavy atom. The lowest BCUT2D eigenvalue weighted by Crippen LogP contribution is -2.30. The molecule has 2 amide bonds. The van der Waals surface area contributed by atoms with E-state index in [1.165, 1.54) is 12.1 Å². The van der Waals surface area contributed by atoms with Crippen LogP contribution < -0.4 is 5.32 Å². The summed E-state index contributed by atoms with van der Waals surface area (Å²) in [6, 6.07) is 10.7. The average Bonchev–Trinajstić information content (AvgIpc) is 2.64. The standard InChI is InChI=1S/C19H22FN3O2/c1-3-4-12-23(2)19(25)17-7-5-6-16(22-17)18(24)21-13-14-8-10-15(20)11-9-14/h5-11H,3-4,12-13H2,1-2H3,(H,21,24). The first-order valence-corrected chi connectivity index (χ1v) is 8.26. The molecule has 2 aromatic rings. The summed E-state index contributed by atoms with van der Waals surface area (Å²) in [6.07, 6.45) is 1.91. The van der Waals surface area contributed by atoms with Gasteiger partial charge in [-0.2, -0.15) is 0 Å². The summed E-state index contributed by atoms with van der Waals surface area (Å²) in [5, 5.41) is 2.72. The molecule has 1 aromatic carbocycles. The van der Waals surface area contributed by atoms with Crippen LogP contribution in [0.2, 0.25) is 0 Å². The summed E-state index contributed by atoms with van der Waals surface area (Å²) < 4.78 is 12.9. The molecule has 2 rings (SSSR count). The Bertz CT molecular complexity index is 732. The monoisotopic (exact) mass is 343 g/mol. The zero-order valence-corrected chi connectivity index (χ0v) is 14.5. The molecular formula is C19H22FN3O2. The van der Waals surface area contributed by atoms with Gasteiger partial charge in [0.25, 0.3) is 11.8 Å². The molecular weight excluding hydrogens is 321 g/mol. The predicted molar refractivity (Wildman–Crippen MR) is 93.7 cm³/mol. The zero-order valence-electron chi connectivity index (χ0n) is 14.5. The van der Waals surface area contributed by atoms with Crippen molar-refractivity contribution in [1.82, 2.24) is 15.2 Å². The molecule has 0 spiro atoms. The third-order valence-corrected chi connectivity index (χ3v) is 3.76. The Kier molecular flexibility index (Phi) is 6.62. The first-order valence-electron chi connectivity index (χ1n) is 8.26. The lowest BCUT2D eigenvalue weighted by Gasteiger charge is -2.16. The average molecular weight is 343 g/mol. The van der Waals surface area contributed by atoms with Crippen molar-refractivity contribution in [2.75, 3.05) is 13.6 Å². The van der Waals surface area contributed by atoms with E-state index in [0.29, 0.717) is 6.54 Å². The van der Waals surface area contributed by atoms with E-state index < -0.39 is 0 Å². The van der Waals surface area contributed by atoms with E-state index in [4.69, 9.17) is 0 Å². The molecule has 0 atom stereocenters.